The number of hydrogen-bond acceptors (Lipinski definition) is 6. The number of nitrogen functional groups attached to an aromatic ring is 1. The smallest absolute Gasteiger partial charge is 0.285 e. The molecule has 94 valence electrons. The first kappa shape index (κ1) is 11.6. The van der Waals surface area contributed by atoms with Crippen molar-refractivity contribution in [2.75, 3.05) is 12.3 Å². The lowest BCUT2D eigenvalue weighted by Crippen LogP contribution is -2.38. The molecule has 2 aromatic rings. The molecule has 2 N–H and O–H groups in total. The number of hydrogen-bond donors (Lipinski definition) is 1. The Kier molecular flexibility index (Phi) is 2.79. The summed E-state index contributed by atoms with van der Waals surface area (Å²) in [5.41, 5.74) is 6.76. The summed E-state index contributed by atoms with van der Waals surface area (Å²) in [5, 5.41) is 10.3. The van der Waals surface area contributed by atoms with E-state index in [0.29, 0.717) is 10.1 Å². The molecule has 0 aromatic carbocycles. The van der Waals surface area contributed by atoms with Crippen LogP contribution in [0.15, 0.2) is 11.4 Å². The highest BCUT2D eigenvalue weighted by atomic mass is 32.1. The van der Waals surface area contributed by atoms with Crippen LogP contribution in [0.5, 0.6) is 0 Å². The SMILES string of the molecule is CC1c2ccsc2CCN1C(=O)c1nnc(N)s1. The molecule has 0 aliphatic carbocycles. The lowest BCUT2D eigenvalue weighted by Gasteiger charge is -2.32. The van der Waals surface area contributed by atoms with Crippen LogP contribution in [0.4, 0.5) is 5.13 Å². The average molecular weight is 280 g/mol. The summed E-state index contributed by atoms with van der Waals surface area (Å²) in [7, 11) is 0. The largest absolute Gasteiger partial charge is 0.374 e. The van der Waals surface area contributed by atoms with Gasteiger partial charge in [0.15, 0.2) is 0 Å². The standard InChI is InChI=1S/C11H12N4OS2/c1-6-7-3-5-17-8(7)2-4-15(6)10(16)9-13-14-11(12)18-9/h3,5-6H,2,4H2,1H3,(H2,12,14). The molecule has 0 bridgehead atoms. The summed E-state index contributed by atoms with van der Waals surface area (Å²) in [6.07, 6.45) is 0.914. The van der Waals surface area contributed by atoms with Crippen molar-refractivity contribution in [3.63, 3.8) is 0 Å². The fourth-order valence-corrected chi connectivity index (χ4v) is 3.76. The third-order valence-electron chi connectivity index (χ3n) is 3.16. The summed E-state index contributed by atoms with van der Waals surface area (Å²) in [6.45, 7) is 2.78. The molecule has 0 saturated heterocycles. The Morgan fingerprint density at radius 3 is 3.11 bits per heavy atom. The minimum Gasteiger partial charge on any atom is -0.374 e. The minimum atomic E-state index is -0.0754. The van der Waals surface area contributed by atoms with Crippen LogP contribution in [0.3, 0.4) is 0 Å². The number of nitrogens with two attached hydrogens (primary N) is 1. The van der Waals surface area contributed by atoms with Crippen molar-refractivity contribution < 1.29 is 4.79 Å². The van der Waals surface area contributed by atoms with Gasteiger partial charge in [0.05, 0.1) is 6.04 Å². The van der Waals surface area contributed by atoms with E-state index >= 15 is 0 Å². The van der Waals surface area contributed by atoms with Crippen LogP contribution in [-0.2, 0) is 6.42 Å². The van der Waals surface area contributed by atoms with Gasteiger partial charge >= 0.3 is 0 Å². The molecule has 1 atom stereocenters. The monoisotopic (exact) mass is 280 g/mol. The second-order valence-electron chi connectivity index (χ2n) is 4.17. The fourth-order valence-electron chi connectivity index (χ4n) is 2.23. The van der Waals surface area contributed by atoms with E-state index in [4.69, 9.17) is 5.73 Å². The maximum atomic E-state index is 12.3. The van der Waals surface area contributed by atoms with Crippen molar-refractivity contribution in [1.29, 1.82) is 0 Å². The van der Waals surface area contributed by atoms with Gasteiger partial charge in [0, 0.05) is 11.4 Å². The van der Waals surface area contributed by atoms with Crippen LogP contribution in [0.25, 0.3) is 0 Å². The van der Waals surface area contributed by atoms with Crippen molar-refractivity contribution >= 4 is 33.7 Å². The first-order valence-electron chi connectivity index (χ1n) is 5.63. The van der Waals surface area contributed by atoms with Crippen LogP contribution in [0, 0.1) is 0 Å². The van der Waals surface area contributed by atoms with Crippen LogP contribution in [-0.4, -0.2) is 27.5 Å². The van der Waals surface area contributed by atoms with Gasteiger partial charge in [0.25, 0.3) is 5.91 Å². The van der Waals surface area contributed by atoms with Crippen molar-refractivity contribution in [3.8, 4) is 0 Å². The normalized spacial score (nSPS) is 18.7. The summed E-state index contributed by atoms with van der Waals surface area (Å²) < 4.78 is 0. The van der Waals surface area contributed by atoms with Gasteiger partial charge in [-0.25, -0.2) is 0 Å². The van der Waals surface area contributed by atoms with Crippen molar-refractivity contribution in [3.05, 3.63) is 26.9 Å². The van der Waals surface area contributed by atoms with E-state index in [-0.39, 0.29) is 11.9 Å². The zero-order valence-electron chi connectivity index (χ0n) is 9.79. The fraction of sp³-hybridized carbons (Fsp3) is 0.364. The highest BCUT2D eigenvalue weighted by Crippen LogP contribution is 2.33. The topological polar surface area (TPSA) is 72.1 Å². The van der Waals surface area contributed by atoms with Crippen molar-refractivity contribution in [2.45, 2.75) is 19.4 Å². The Morgan fingerprint density at radius 2 is 2.39 bits per heavy atom. The molecule has 3 heterocycles. The Balaban J connectivity index is 1.88. The van der Waals surface area contributed by atoms with E-state index in [2.05, 4.69) is 21.6 Å². The second kappa shape index (κ2) is 4.33. The van der Waals surface area contributed by atoms with Crippen LogP contribution in [0.1, 0.15) is 33.2 Å². The molecule has 0 spiro atoms. The third kappa shape index (κ3) is 1.79. The van der Waals surface area contributed by atoms with Crippen molar-refractivity contribution in [2.24, 2.45) is 0 Å². The van der Waals surface area contributed by atoms with Gasteiger partial charge in [-0.1, -0.05) is 11.3 Å². The number of aromatic nitrogens is 2. The lowest BCUT2D eigenvalue weighted by atomic mass is 10.0. The predicted octanol–water partition coefficient (Wildman–Crippen LogP) is 1.94. The molecule has 18 heavy (non-hydrogen) atoms. The van der Waals surface area contributed by atoms with E-state index in [1.54, 1.807) is 11.3 Å². The molecule has 1 aliphatic rings. The zero-order valence-corrected chi connectivity index (χ0v) is 11.4. The highest BCUT2D eigenvalue weighted by molar-refractivity contribution is 7.16. The van der Waals surface area contributed by atoms with Crippen LogP contribution >= 0.6 is 22.7 Å². The Labute approximate surface area is 112 Å². The predicted molar refractivity (Wildman–Crippen MR) is 71.8 cm³/mol. The Bertz CT molecular complexity index is 591. The number of thiophene rings is 1. The number of anilines is 1. The van der Waals surface area contributed by atoms with Gasteiger partial charge in [-0.3, -0.25) is 4.79 Å². The number of rotatable bonds is 1. The molecule has 1 unspecified atom stereocenters. The van der Waals surface area contributed by atoms with Gasteiger partial charge in [-0.05, 0) is 30.4 Å². The molecule has 1 amide bonds. The molecule has 1 aliphatic heterocycles. The van der Waals surface area contributed by atoms with E-state index < -0.39 is 0 Å². The highest BCUT2D eigenvalue weighted by Gasteiger charge is 2.30. The molecular weight excluding hydrogens is 268 g/mol. The lowest BCUT2D eigenvalue weighted by molar-refractivity contribution is 0.0678. The van der Waals surface area contributed by atoms with Gasteiger partial charge in [-0.2, -0.15) is 0 Å². The van der Waals surface area contributed by atoms with Gasteiger partial charge in [0.2, 0.25) is 10.1 Å². The van der Waals surface area contributed by atoms with E-state index in [1.165, 1.54) is 10.4 Å². The first-order valence-corrected chi connectivity index (χ1v) is 7.32. The van der Waals surface area contributed by atoms with E-state index in [1.807, 2.05) is 11.8 Å². The number of fused-ring (bicyclic) bond motifs is 1. The Morgan fingerprint density at radius 1 is 1.56 bits per heavy atom. The van der Waals surface area contributed by atoms with Crippen molar-refractivity contribution in [1.82, 2.24) is 15.1 Å². The maximum absolute atomic E-state index is 12.3. The van der Waals surface area contributed by atoms with Crippen LogP contribution < -0.4 is 5.73 Å². The summed E-state index contributed by atoms with van der Waals surface area (Å²) in [5.74, 6) is -0.0754. The molecule has 0 fully saturated rings. The van der Waals surface area contributed by atoms with E-state index in [0.717, 1.165) is 24.3 Å². The number of carbonyl (C=O) groups excluding carboxylic acids is 1. The zero-order chi connectivity index (χ0) is 12.7. The third-order valence-corrected chi connectivity index (χ3v) is 4.90. The minimum absolute atomic E-state index is 0.0754. The molecule has 3 rings (SSSR count). The summed E-state index contributed by atoms with van der Waals surface area (Å²) in [4.78, 5) is 15.6. The first-order chi connectivity index (χ1) is 8.66. The van der Waals surface area contributed by atoms with Gasteiger partial charge in [-0.15, -0.1) is 21.5 Å². The van der Waals surface area contributed by atoms with E-state index in [9.17, 15) is 4.79 Å². The van der Waals surface area contributed by atoms with Gasteiger partial charge in [0.1, 0.15) is 0 Å². The molecule has 2 aromatic heterocycles. The van der Waals surface area contributed by atoms with Crippen LogP contribution in [0.2, 0.25) is 0 Å². The summed E-state index contributed by atoms with van der Waals surface area (Å²) >= 11 is 2.90. The maximum Gasteiger partial charge on any atom is 0.285 e. The van der Waals surface area contributed by atoms with Gasteiger partial charge < -0.3 is 10.6 Å². The molecule has 0 saturated carbocycles. The molecular formula is C11H12N4OS2. The number of amides is 1. The molecule has 5 nitrogen and oxygen atoms in total. The summed E-state index contributed by atoms with van der Waals surface area (Å²) in [6, 6.07) is 2.19. The number of carbonyl (C=O) groups is 1. The second-order valence-corrected chi connectivity index (χ2v) is 6.18. The average Bonchev–Trinajstić information content (AvgIpc) is 2.97. The molecule has 7 heteroatoms. The number of nitrogens with zero attached hydrogens (tertiary/aromatic N) is 3. The molecule has 0 radical (unpaired) electrons. The Hall–Kier alpha value is -1.47. The quantitative estimate of drug-likeness (QED) is 0.866.